The van der Waals surface area contributed by atoms with Crippen molar-refractivity contribution in [3.8, 4) is 6.19 Å². The summed E-state index contributed by atoms with van der Waals surface area (Å²) in [7, 11) is 0. The summed E-state index contributed by atoms with van der Waals surface area (Å²) in [6.07, 6.45) is 5.41. The lowest BCUT2D eigenvalue weighted by Crippen LogP contribution is -2.13. The Morgan fingerprint density at radius 1 is 1.65 bits per heavy atom. The van der Waals surface area contributed by atoms with Crippen molar-refractivity contribution in [3.63, 3.8) is 0 Å². The van der Waals surface area contributed by atoms with E-state index < -0.39 is 0 Å². The molecule has 0 aliphatic carbocycles. The zero-order chi connectivity index (χ0) is 12.3. The van der Waals surface area contributed by atoms with Crippen LogP contribution in [-0.2, 0) is 5.75 Å². The van der Waals surface area contributed by atoms with Gasteiger partial charge in [0.1, 0.15) is 0 Å². The van der Waals surface area contributed by atoms with E-state index in [-0.39, 0.29) is 0 Å². The Morgan fingerprint density at radius 3 is 3.18 bits per heavy atom. The summed E-state index contributed by atoms with van der Waals surface area (Å²) < 4.78 is 0. The minimum absolute atomic E-state index is 0.660. The van der Waals surface area contributed by atoms with Gasteiger partial charge in [-0.1, -0.05) is 11.8 Å². The van der Waals surface area contributed by atoms with Crippen LogP contribution < -0.4 is 5.32 Å². The predicted octanol–water partition coefficient (Wildman–Crippen LogP) is 1.50. The Kier molecular flexibility index (Phi) is 7.18. The molecule has 0 saturated heterocycles. The zero-order valence-electron chi connectivity index (χ0n) is 9.46. The minimum atomic E-state index is 0.660. The Balaban J connectivity index is 2.18. The molecule has 0 bridgehead atoms. The molecule has 1 aromatic heterocycles. The summed E-state index contributed by atoms with van der Waals surface area (Å²) in [6.45, 7) is 0.690. The predicted molar refractivity (Wildman–Crippen MR) is 72.8 cm³/mol. The molecule has 0 saturated carbocycles. The molecule has 0 amide bonds. The maximum atomic E-state index is 8.44. The van der Waals surface area contributed by atoms with Gasteiger partial charge in [-0.25, -0.2) is 0 Å². The number of thioether (sulfide) groups is 2. The largest absolute Gasteiger partial charge is 0.272 e. The van der Waals surface area contributed by atoms with E-state index in [1.807, 2.05) is 24.6 Å². The molecule has 1 rings (SSSR count). The topological polar surface area (TPSA) is 74.0 Å². The molecule has 0 aliphatic heterocycles. The summed E-state index contributed by atoms with van der Waals surface area (Å²) >= 11 is 3.18. The molecular weight excluding hydrogens is 254 g/mol. The molecule has 90 valence electrons. The van der Waals surface area contributed by atoms with Gasteiger partial charge in [0.05, 0.1) is 12.2 Å². The third kappa shape index (κ3) is 6.14. The Morgan fingerprint density at radius 2 is 2.53 bits per heavy atom. The van der Waals surface area contributed by atoms with Crippen molar-refractivity contribution < 1.29 is 0 Å². The molecule has 7 heteroatoms. The number of rotatable bonds is 5. The van der Waals surface area contributed by atoms with Crippen LogP contribution in [-0.4, -0.2) is 33.9 Å². The first kappa shape index (κ1) is 13.8. The molecule has 1 aromatic rings. The molecule has 0 aliphatic rings. The van der Waals surface area contributed by atoms with Crippen molar-refractivity contribution in [1.29, 1.82) is 5.26 Å². The molecule has 1 N–H and O–H groups in total. The van der Waals surface area contributed by atoms with Gasteiger partial charge in [-0.05, 0) is 18.4 Å². The number of nitriles is 1. The third-order valence-corrected chi connectivity index (χ3v) is 3.31. The van der Waals surface area contributed by atoms with Crippen molar-refractivity contribution in [2.24, 2.45) is 4.99 Å². The molecular formula is C10H13N5S2. The van der Waals surface area contributed by atoms with Crippen LogP contribution in [0.3, 0.4) is 0 Å². The number of aliphatic imine (C=N–C) groups is 1. The molecule has 0 spiro atoms. The van der Waals surface area contributed by atoms with E-state index in [0.717, 1.165) is 17.2 Å². The maximum absolute atomic E-state index is 8.44. The van der Waals surface area contributed by atoms with Gasteiger partial charge in [-0.3, -0.25) is 10.3 Å². The number of nitrogens with one attached hydrogen (secondary N) is 1. The van der Waals surface area contributed by atoms with Crippen LogP contribution in [0.15, 0.2) is 23.3 Å². The molecule has 0 unspecified atom stereocenters. The van der Waals surface area contributed by atoms with E-state index in [4.69, 9.17) is 5.26 Å². The molecule has 17 heavy (non-hydrogen) atoms. The summed E-state index contributed by atoms with van der Waals surface area (Å²) in [5.41, 5.74) is 0.974. The first-order chi connectivity index (χ1) is 8.36. The van der Waals surface area contributed by atoms with Gasteiger partial charge in [0.25, 0.3) is 0 Å². The van der Waals surface area contributed by atoms with Crippen LogP contribution in [0.1, 0.15) is 5.69 Å². The van der Waals surface area contributed by atoms with Crippen LogP contribution in [0.25, 0.3) is 0 Å². The number of hydrogen-bond donors (Lipinski definition) is 1. The van der Waals surface area contributed by atoms with E-state index in [0.29, 0.717) is 11.7 Å². The fourth-order valence-corrected chi connectivity index (χ4v) is 2.10. The van der Waals surface area contributed by atoms with Gasteiger partial charge in [-0.2, -0.15) is 27.2 Å². The van der Waals surface area contributed by atoms with Crippen LogP contribution >= 0.6 is 23.5 Å². The van der Waals surface area contributed by atoms with Crippen LogP contribution in [0, 0.1) is 11.5 Å². The number of aromatic nitrogens is 2. The Bertz CT molecular complexity index is 387. The van der Waals surface area contributed by atoms with Crippen molar-refractivity contribution in [3.05, 3.63) is 24.0 Å². The quantitative estimate of drug-likeness (QED) is 0.286. The van der Waals surface area contributed by atoms with Crippen molar-refractivity contribution >= 4 is 28.7 Å². The average molecular weight is 267 g/mol. The van der Waals surface area contributed by atoms with Crippen molar-refractivity contribution in [2.75, 3.05) is 18.6 Å². The normalized spacial score (nSPS) is 10.9. The van der Waals surface area contributed by atoms with Crippen LogP contribution in [0.5, 0.6) is 0 Å². The van der Waals surface area contributed by atoms with E-state index in [1.54, 1.807) is 18.0 Å². The Labute approximate surface area is 109 Å². The molecule has 0 fully saturated rings. The van der Waals surface area contributed by atoms with E-state index >= 15 is 0 Å². The smallest absolute Gasteiger partial charge is 0.183 e. The van der Waals surface area contributed by atoms with Crippen LogP contribution in [0.2, 0.25) is 0 Å². The van der Waals surface area contributed by atoms with Gasteiger partial charge in [0, 0.05) is 17.7 Å². The molecule has 1 heterocycles. The SMILES string of the molecule is CSC(=NCCSCc1cccnn1)NC#N. The second-order valence-electron chi connectivity index (χ2n) is 2.90. The first-order valence-electron chi connectivity index (χ1n) is 4.94. The number of hydrogen-bond acceptors (Lipinski definition) is 6. The highest BCUT2D eigenvalue weighted by Crippen LogP contribution is 2.08. The van der Waals surface area contributed by atoms with Gasteiger partial charge in [-0.15, -0.1) is 0 Å². The highest BCUT2D eigenvalue weighted by molar-refractivity contribution is 8.13. The lowest BCUT2D eigenvalue weighted by molar-refractivity contribution is 0.970. The lowest BCUT2D eigenvalue weighted by atomic mass is 10.4. The van der Waals surface area contributed by atoms with E-state index in [9.17, 15) is 0 Å². The minimum Gasteiger partial charge on any atom is -0.272 e. The fraction of sp³-hybridized carbons (Fsp3) is 0.400. The van der Waals surface area contributed by atoms with E-state index in [2.05, 4.69) is 20.5 Å². The first-order valence-corrected chi connectivity index (χ1v) is 7.32. The third-order valence-electron chi connectivity index (χ3n) is 1.72. The summed E-state index contributed by atoms with van der Waals surface area (Å²) in [4.78, 5) is 4.25. The lowest BCUT2D eigenvalue weighted by Gasteiger charge is -2.00. The number of amidine groups is 1. The highest BCUT2D eigenvalue weighted by atomic mass is 32.2. The van der Waals surface area contributed by atoms with Crippen LogP contribution in [0.4, 0.5) is 0 Å². The van der Waals surface area contributed by atoms with Crippen molar-refractivity contribution in [1.82, 2.24) is 15.5 Å². The van der Waals surface area contributed by atoms with Gasteiger partial charge in [0.2, 0.25) is 0 Å². The van der Waals surface area contributed by atoms with Gasteiger partial charge < -0.3 is 0 Å². The molecule has 5 nitrogen and oxygen atoms in total. The molecule has 0 aromatic carbocycles. The average Bonchev–Trinajstić information content (AvgIpc) is 2.38. The number of nitrogens with zero attached hydrogens (tertiary/aromatic N) is 4. The fourth-order valence-electron chi connectivity index (χ4n) is 1.00. The Hall–Kier alpha value is -1.26. The van der Waals surface area contributed by atoms with E-state index in [1.165, 1.54) is 11.8 Å². The highest BCUT2D eigenvalue weighted by Gasteiger charge is 1.96. The summed E-state index contributed by atoms with van der Waals surface area (Å²) in [5.74, 6) is 1.73. The van der Waals surface area contributed by atoms with Gasteiger partial charge >= 0.3 is 0 Å². The molecule has 0 atom stereocenters. The zero-order valence-corrected chi connectivity index (χ0v) is 11.1. The van der Waals surface area contributed by atoms with Gasteiger partial charge in [0.15, 0.2) is 11.4 Å². The summed E-state index contributed by atoms with van der Waals surface area (Å²) in [6, 6.07) is 3.83. The monoisotopic (exact) mass is 267 g/mol. The second-order valence-corrected chi connectivity index (χ2v) is 4.80. The molecule has 0 radical (unpaired) electrons. The maximum Gasteiger partial charge on any atom is 0.183 e. The second kappa shape index (κ2) is 8.84. The van der Waals surface area contributed by atoms with Crippen molar-refractivity contribution in [2.45, 2.75) is 5.75 Å². The standard InChI is InChI=1S/C10H13N5S2/c1-16-10(13-8-11)12-5-6-17-7-9-3-2-4-14-15-9/h2-4H,5-7H2,1H3,(H,12,13). The summed E-state index contributed by atoms with van der Waals surface area (Å²) in [5, 5.41) is 19.4.